The van der Waals surface area contributed by atoms with Crippen LogP contribution in [-0.2, 0) is 19.8 Å². The normalized spacial score (nSPS) is 14.2. The van der Waals surface area contributed by atoms with Crippen LogP contribution in [0.4, 0.5) is 0 Å². The van der Waals surface area contributed by atoms with Gasteiger partial charge < -0.3 is 4.57 Å². The molecule has 0 aliphatic heterocycles. The number of aryl methyl sites for hydroxylation is 1. The number of hydrogen-bond acceptors (Lipinski definition) is 4. The van der Waals surface area contributed by atoms with Crippen molar-refractivity contribution in [2.45, 2.75) is 52.5 Å². The molecule has 0 spiro atoms. The van der Waals surface area contributed by atoms with E-state index in [9.17, 15) is 0 Å². The fraction of sp³-hybridized carbons (Fsp3) is 0.450. The van der Waals surface area contributed by atoms with Gasteiger partial charge in [-0.15, -0.1) is 0 Å². The van der Waals surface area contributed by atoms with Crippen molar-refractivity contribution < 1.29 is 0 Å². The van der Waals surface area contributed by atoms with Crippen molar-refractivity contribution in [3.63, 3.8) is 0 Å². The quantitative estimate of drug-likeness (QED) is 0.537. The maximum atomic E-state index is 6.32. The zero-order valence-corrected chi connectivity index (χ0v) is 18.0. The van der Waals surface area contributed by atoms with Crippen molar-refractivity contribution in [2.24, 2.45) is 0 Å². The van der Waals surface area contributed by atoms with Crippen LogP contribution >= 0.6 is 23.8 Å². The summed E-state index contributed by atoms with van der Waals surface area (Å²) in [6.07, 6.45) is 4.28. The molecule has 2 heterocycles. The lowest BCUT2D eigenvalue weighted by Gasteiger charge is -2.17. The van der Waals surface area contributed by atoms with Crippen molar-refractivity contribution in [3.8, 4) is 0 Å². The van der Waals surface area contributed by atoms with Crippen LogP contribution in [0.15, 0.2) is 30.6 Å². The number of nitrogens with zero attached hydrogens (tertiary/aromatic N) is 6. The van der Waals surface area contributed by atoms with Gasteiger partial charge in [-0.3, -0.25) is 9.58 Å². The first-order valence-electron chi connectivity index (χ1n) is 9.53. The van der Waals surface area contributed by atoms with Crippen LogP contribution in [0.2, 0.25) is 5.02 Å². The molecule has 2 aromatic heterocycles. The third-order valence-electron chi connectivity index (χ3n) is 5.31. The molecule has 4 rings (SSSR count). The monoisotopic (exact) mass is 416 g/mol. The molecule has 0 radical (unpaired) electrons. The highest BCUT2D eigenvalue weighted by molar-refractivity contribution is 7.71. The highest BCUT2D eigenvalue weighted by Crippen LogP contribution is 2.34. The van der Waals surface area contributed by atoms with Crippen molar-refractivity contribution in [2.75, 3.05) is 7.05 Å². The molecule has 0 atom stereocenters. The number of hydrogen-bond donors (Lipinski definition) is 0. The minimum absolute atomic E-state index is 0.555. The summed E-state index contributed by atoms with van der Waals surface area (Å²) in [6.45, 7) is 6.30. The summed E-state index contributed by atoms with van der Waals surface area (Å²) in [5.41, 5.74) is 4.52. The van der Waals surface area contributed by atoms with Gasteiger partial charge in [0.2, 0.25) is 0 Å². The number of aromatic nitrogens is 5. The van der Waals surface area contributed by atoms with E-state index in [-0.39, 0.29) is 0 Å². The Morgan fingerprint density at radius 1 is 1.21 bits per heavy atom. The van der Waals surface area contributed by atoms with Crippen LogP contribution in [0.25, 0.3) is 0 Å². The summed E-state index contributed by atoms with van der Waals surface area (Å²) in [7, 11) is 2.09. The van der Waals surface area contributed by atoms with E-state index in [4.69, 9.17) is 28.9 Å². The van der Waals surface area contributed by atoms with E-state index in [2.05, 4.69) is 35.5 Å². The Morgan fingerprint density at radius 3 is 2.68 bits per heavy atom. The summed E-state index contributed by atoms with van der Waals surface area (Å²) >= 11 is 11.9. The van der Waals surface area contributed by atoms with Crippen LogP contribution in [0, 0.1) is 18.6 Å². The number of halogens is 1. The third-order valence-corrected chi connectivity index (χ3v) is 6.10. The highest BCUT2D eigenvalue weighted by Gasteiger charge is 2.25. The van der Waals surface area contributed by atoms with E-state index < -0.39 is 0 Å². The Kier molecular flexibility index (Phi) is 5.40. The van der Waals surface area contributed by atoms with E-state index in [0.717, 1.165) is 33.3 Å². The van der Waals surface area contributed by atoms with Gasteiger partial charge in [-0.1, -0.05) is 29.8 Å². The van der Waals surface area contributed by atoms with Crippen molar-refractivity contribution in [1.29, 1.82) is 0 Å². The number of rotatable bonds is 7. The molecule has 1 aliphatic carbocycles. The Bertz CT molecular complexity index is 1050. The average Bonchev–Trinajstić information content (AvgIpc) is 3.40. The van der Waals surface area contributed by atoms with Gasteiger partial charge in [0.15, 0.2) is 4.77 Å². The molecular weight excluding hydrogens is 392 g/mol. The molecule has 0 N–H and O–H groups in total. The summed E-state index contributed by atoms with van der Waals surface area (Å²) in [5.74, 6) is 0. The molecule has 1 fully saturated rings. The first kappa shape index (κ1) is 19.4. The van der Waals surface area contributed by atoms with Crippen molar-refractivity contribution >= 4 is 23.8 Å². The molecule has 8 heteroatoms. The third kappa shape index (κ3) is 3.92. The van der Waals surface area contributed by atoms with Gasteiger partial charge in [-0.2, -0.15) is 10.2 Å². The van der Waals surface area contributed by atoms with E-state index in [1.54, 1.807) is 0 Å². The van der Waals surface area contributed by atoms with Gasteiger partial charge >= 0.3 is 0 Å². The van der Waals surface area contributed by atoms with E-state index in [1.807, 2.05) is 40.0 Å². The summed E-state index contributed by atoms with van der Waals surface area (Å²) in [4.78, 5) is 2.22. The minimum Gasteiger partial charge on any atom is -0.303 e. The zero-order valence-electron chi connectivity index (χ0n) is 16.5. The second-order valence-corrected chi connectivity index (χ2v) is 8.38. The SMILES string of the molecule is Cc1nn(Cc2ccccc2Cl)c(C)c1CN(C)Cn1ncn(C2CC2)c1=S. The van der Waals surface area contributed by atoms with Gasteiger partial charge in [0.25, 0.3) is 0 Å². The van der Waals surface area contributed by atoms with Gasteiger partial charge in [0.1, 0.15) is 6.33 Å². The Labute approximate surface area is 175 Å². The zero-order chi connectivity index (χ0) is 19.8. The van der Waals surface area contributed by atoms with Crippen LogP contribution < -0.4 is 0 Å². The molecule has 6 nitrogen and oxygen atoms in total. The highest BCUT2D eigenvalue weighted by atomic mass is 35.5. The smallest absolute Gasteiger partial charge is 0.199 e. The van der Waals surface area contributed by atoms with Crippen LogP contribution in [-0.4, -0.2) is 36.1 Å². The molecule has 3 aromatic rings. The molecule has 0 amide bonds. The van der Waals surface area contributed by atoms with Crippen LogP contribution in [0.1, 0.15) is 41.4 Å². The topological polar surface area (TPSA) is 43.8 Å². The van der Waals surface area contributed by atoms with E-state index in [0.29, 0.717) is 19.3 Å². The summed E-state index contributed by atoms with van der Waals surface area (Å²) in [5, 5.41) is 9.99. The van der Waals surface area contributed by atoms with Gasteiger partial charge in [-0.25, -0.2) is 4.68 Å². The van der Waals surface area contributed by atoms with Crippen molar-refractivity contribution in [3.05, 3.63) is 62.9 Å². The molecule has 28 heavy (non-hydrogen) atoms. The molecule has 1 saturated carbocycles. The largest absolute Gasteiger partial charge is 0.303 e. The predicted octanol–water partition coefficient (Wildman–Crippen LogP) is 4.35. The molecule has 1 aliphatic rings. The number of benzene rings is 1. The second kappa shape index (κ2) is 7.81. The van der Waals surface area contributed by atoms with Crippen LogP contribution in [0.3, 0.4) is 0 Å². The summed E-state index contributed by atoms with van der Waals surface area (Å²) in [6, 6.07) is 8.47. The fourth-order valence-electron chi connectivity index (χ4n) is 3.50. The summed E-state index contributed by atoms with van der Waals surface area (Å²) < 4.78 is 6.85. The maximum absolute atomic E-state index is 6.32. The standard InChI is InChI=1S/C20H25ClN6S/c1-14-18(15(2)26(23-14)10-16-6-4-5-7-19(16)21)11-24(3)13-27-20(28)25(12-22-27)17-8-9-17/h4-7,12,17H,8-11,13H2,1-3H3. The predicted molar refractivity (Wildman–Crippen MR) is 113 cm³/mol. The Morgan fingerprint density at radius 2 is 1.96 bits per heavy atom. The van der Waals surface area contributed by atoms with Gasteiger partial charge in [0, 0.05) is 28.9 Å². The Balaban J connectivity index is 1.48. The average molecular weight is 417 g/mol. The first-order chi connectivity index (χ1) is 13.4. The van der Waals surface area contributed by atoms with E-state index in [1.165, 1.54) is 18.4 Å². The molecule has 0 saturated heterocycles. The second-order valence-electron chi connectivity index (χ2n) is 7.61. The fourth-order valence-corrected chi connectivity index (χ4v) is 4.00. The van der Waals surface area contributed by atoms with Crippen molar-refractivity contribution in [1.82, 2.24) is 29.0 Å². The molecule has 1 aromatic carbocycles. The van der Waals surface area contributed by atoms with Gasteiger partial charge in [0.05, 0.1) is 18.9 Å². The Hall–Kier alpha value is -1.96. The minimum atomic E-state index is 0.555. The molecule has 0 unspecified atom stereocenters. The van der Waals surface area contributed by atoms with Crippen LogP contribution in [0.5, 0.6) is 0 Å². The van der Waals surface area contributed by atoms with Gasteiger partial charge in [-0.05, 0) is 57.6 Å². The lowest BCUT2D eigenvalue weighted by atomic mass is 10.2. The lowest BCUT2D eigenvalue weighted by Crippen LogP contribution is -2.23. The first-order valence-corrected chi connectivity index (χ1v) is 10.3. The molecular formula is C20H25ClN6S. The molecule has 148 valence electrons. The maximum Gasteiger partial charge on any atom is 0.199 e. The molecule has 0 bridgehead atoms. The van der Waals surface area contributed by atoms with E-state index >= 15 is 0 Å². The lowest BCUT2D eigenvalue weighted by molar-refractivity contribution is 0.242.